The maximum absolute atomic E-state index is 5.96. The molecule has 54 valence electrons. The highest BCUT2D eigenvalue weighted by Crippen LogP contribution is 2.36. The molecule has 0 aliphatic heterocycles. The summed E-state index contributed by atoms with van der Waals surface area (Å²) in [5, 5.41) is 0. The number of hydrogen-bond acceptors (Lipinski definition) is 1. The lowest BCUT2D eigenvalue weighted by atomic mass is 10.0. The molecule has 1 nitrogen and oxygen atoms in total. The Balaban J connectivity index is 2.54. The van der Waals surface area contributed by atoms with Crippen LogP contribution < -0.4 is 5.73 Å². The quantitative estimate of drug-likeness (QED) is 0.527. The van der Waals surface area contributed by atoms with Gasteiger partial charge in [0.2, 0.25) is 0 Å². The molecule has 0 amide bonds. The Hall–Kier alpha value is -0.0400. The first-order valence-electron chi connectivity index (χ1n) is 3.80. The fourth-order valence-electron chi connectivity index (χ4n) is 1.96. The second-order valence-electron chi connectivity index (χ2n) is 4.02. The van der Waals surface area contributed by atoms with E-state index >= 15 is 0 Å². The highest BCUT2D eigenvalue weighted by molar-refractivity contribution is 4.91. The van der Waals surface area contributed by atoms with E-state index in [1.54, 1.807) is 0 Å². The monoisotopic (exact) mass is 127 g/mol. The van der Waals surface area contributed by atoms with Crippen molar-refractivity contribution >= 4 is 0 Å². The highest BCUT2D eigenvalue weighted by Gasteiger charge is 2.34. The summed E-state index contributed by atoms with van der Waals surface area (Å²) < 4.78 is 0. The molecule has 0 aromatic carbocycles. The molecule has 1 saturated carbocycles. The van der Waals surface area contributed by atoms with Crippen LogP contribution in [0.15, 0.2) is 0 Å². The Bertz CT molecular complexity index is 95.1. The second-order valence-corrected chi connectivity index (χ2v) is 4.02. The fourth-order valence-corrected chi connectivity index (χ4v) is 1.96. The van der Waals surface area contributed by atoms with Crippen molar-refractivity contribution in [2.75, 3.05) is 0 Å². The Morgan fingerprint density at radius 1 is 1.22 bits per heavy atom. The largest absolute Gasteiger partial charge is 0.325 e. The maximum atomic E-state index is 5.96. The van der Waals surface area contributed by atoms with E-state index in [9.17, 15) is 0 Å². The van der Waals surface area contributed by atoms with Gasteiger partial charge in [-0.25, -0.2) is 0 Å². The Morgan fingerprint density at radius 3 is 1.67 bits per heavy atom. The van der Waals surface area contributed by atoms with Crippen molar-refractivity contribution < 1.29 is 0 Å². The van der Waals surface area contributed by atoms with E-state index in [1.165, 1.54) is 12.8 Å². The van der Waals surface area contributed by atoms with Crippen LogP contribution in [0.4, 0.5) is 0 Å². The minimum Gasteiger partial charge on any atom is -0.325 e. The molecule has 2 N–H and O–H groups in total. The summed E-state index contributed by atoms with van der Waals surface area (Å²) >= 11 is 0. The summed E-state index contributed by atoms with van der Waals surface area (Å²) in [5.41, 5.74) is 6.10. The summed E-state index contributed by atoms with van der Waals surface area (Å²) in [6.45, 7) is 6.75. The first-order valence-corrected chi connectivity index (χ1v) is 3.80. The molecule has 1 aliphatic carbocycles. The lowest BCUT2D eigenvalue weighted by molar-refractivity contribution is 0.457. The van der Waals surface area contributed by atoms with Gasteiger partial charge in [0.05, 0.1) is 0 Å². The zero-order chi connectivity index (χ0) is 7.07. The molecule has 1 fully saturated rings. The number of hydrogen-bond donors (Lipinski definition) is 1. The summed E-state index contributed by atoms with van der Waals surface area (Å²) in [6, 6.07) is 0. The Morgan fingerprint density at radius 2 is 1.56 bits per heavy atom. The number of rotatable bonds is 0. The topological polar surface area (TPSA) is 26.0 Å². The third kappa shape index (κ3) is 1.45. The molecule has 0 aromatic rings. The van der Waals surface area contributed by atoms with E-state index in [4.69, 9.17) is 5.73 Å². The van der Waals surface area contributed by atoms with Crippen LogP contribution >= 0.6 is 0 Å². The Kier molecular flexibility index (Phi) is 1.55. The molecule has 0 radical (unpaired) electrons. The van der Waals surface area contributed by atoms with Gasteiger partial charge in [-0.05, 0) is 31.6 Å². The third-order valence-electron chi connectivity index (χ3n) is 2.55. The zero-order valence-corrected chi connectivity index (χ0v) is 6.65. The summed E-state index contributed by atoms with van der Waals surface area (Å²) in [4.78, 5) is 0. The van der Waals surface area contributed by atoms with Crippen LogP contribution in [-0.4, -0.2) is 5.54 Å². The lowest BCUT2D eigenvalue weighted by Crippen LogP contribution is -2.32. The molecule has 2 unspecified atom stereocenters. The predicted octanol–water partition coefficient (Wildman–Crippen LogP) is 1.77. The van der Waals surface area contributed by atoms with Gasteiger partial charge in [-0.15, -0.1) is 0 Å². The van der Waals surface area contributed by atoms with Crippen LogP contribution in [0.5, 0.6) is 0 Å². The first kappa shape index (κ1) is 7.07. The van der Waals surface area contributed by atoms with Gasteiger partial charge in [0.1, 0.15) is 0 Å². The van der Waals surface area contributed by atoms with Crippen molar-refractivity contribution in [3.63, 3.8) is 0 Å². The van der Waals surface area contributed by atoms with Gasteiger partial charge in [0.15, 0.2) is 0 Å². The van der Waals surface area contributed by atoms with E-state index in [2.05, 4.69) is 20.8 Å². The van der Waals surface area contributed by atoms with E-state index in [0.717, 1.165) is 11.8 Å². The van der Waals surface area contributed by atoms with Crippen molar-refractivity contribution in [3.8, 4) is 0 Å². The van der Waals surface area contributed by atoms with Crippen LogP contribution in [0.3, 0.4) is 0 Å². The van der Waals surface area contributed by atoms with Crippen LogP contribution in [0.1, 0.15) is 33.6 Å². The average molecular weight is 127 g/mol. The van der Waals surface area contributed by atoms with Gasteiger partial charge in [0.25, 0.3) is 0 Å². The minimum absolute atomic E-state index is 0.138. The van der Waals surface area contributed by atoms with Gasteiger partial charge in [-0.2, -0.15) is 0 Å². The van der Waals surface area contributed by atoms with Gasteiger partial charge in [-0.3, -0.25) is 0 Å². The van der Waals surface area contributed by atoms with Crippen molar-refractivity contribution in [1.82, 2.24) is 0 Å². The molecule has 9 heavy (non-hydrogen) atoms. The van der Waals surface area contributed by atoms with Crippen molar-refractivity contribution in [3.05, 3.63) is 0 Å². The molecule has 1 heteroatoms. The SMILES string of the molecule is CC1CC(C)(N)C[C@H]1C. The molecular weight excluding hydrogens is 110 g/mol. The van der Waals surface area contributed by atoms with Crippen molar-refractivity contribution in [2.24, 2.45) is 17.6 Å². The third-order valence-corrected chi connectivity index (χ3v) is 2.55. The lowest BCUT2D eigenvalue weighted by Gasteiger charge is -2.15. The molecular formula is C8H17N. The molecule has 0 bridgehead atoms. The van der Waals surface area contributed by atoms with Crippen LogP contribution in [0.25, 0.3) is 0 Å². The second kappa shape index (κ2) is 1.98. The van der Waals surface area contributed by atoms with Gasteiger partial charge >= 0.3 is 0 Å². The van der Waals surface area contributed by atoms with Gasteiger partial charge < -0.3 is 5.73 Å². The predicted molar refractivity (Wildman–Crippen MR) is 40.2 cm³/mol. The molecule has 0 heterocycles. The summed E-state index contributed by atoms with van der Waals surface area (Å²) in [7, 11) is 0. The van der Waals surface area contributed by atoms with Crippen LogP contribution in [-0.2, 0) is 0 Å². The standard InChI is InChI=1S/C8H17N/c1-6-4-8(3,9)5-7(6)2/h6-7H,4-5,9H2,1-3H3/t6-,7?,8?/m1/s1. The first-order chi connectivity index (χ1) is 4.01. The molecule has 0 aromatic heterocycles. The van der Waals surface area contributed by atoms with E-state index in [1.807, 2.05) is 0 Å². The maximum Gasteiger partial charge on any atom is 0.0131 e. The van der Waals surface area contributed by atoms with Crippen LogP contribution in [0, 0.1) is 11.8 Å². The zero-order valence-electron chi connectivity index (χ0n) is 6.65. The van der Waals surface area contributed by atoms with Crippen molar-refractivity contribution in [1.29, 1.82) is 0 Å². The Labute approximate surface area is 57.6 Å². The highest BCUT2D eigenvalue weighted by atomic mass is 14.7. The normalized spacial score (nSPS) is 52.0. The smallest absolute Gasteiger partial charge is 0.0131 e. The van der Waals surface area contributed by atoms with E-state index in [-0.39, 0.29) is 5.54 Å². The average Bonchev–Trinajstić information content (AvgIpc) is 1.79. The summed E-state index contributed by atoms with van der Waals surface area (Å²) in [6.07, 6.45) is 2.41. The molecule has 1 aliphatic rings. The molecule has 1 rings (SSSR count). The fraction of sp³-hybridized carbons (Fsp3) is 1.00. The number of nitrogens with two attached hydrogens (primary N) is 1. The van der Waals surface area contributed by atoms with Gasteiger partial charge in [-0.1, -0.05) is 13.8 Å². The minimum atomic E-state index is 0.138. The molecule has 0 saturated heterocycles. The van der Waals surface area contributed by atoms with E-state index < -0.39 is 0 Å². The van der Waals surface area contributed by atoms with Crippen LogP contribution in [0.2, 0.25) is 0 Å². The molecule has 3 atom stereocenters. The van der Waals surface area contributed by atoms with E-state index in [0.29, 0.717) is 0 Å². The molecule has 0 spiro atoms. The summed E-state index contributed by atoms with van der Waals surface area (Å²) in [5.74, 6) is 1.67. The van der Waals surface area contributed by atoms with Crippen molar-refractivity contribution in [2.45, 2.75) is 39.2 Å². The van der Waals surface area contributed by atoms with Gasteiger partial charge in [0, 0.05) is 5.54 Å².